The molecule has 3 aromatic heterocycles. The lowest BCUT2D eigenvalue weighted by molar-refractivity contribution is 0.101. The highest BCUT2D eigenvalue weighted by Crippen LogP contribution is 2.30. The van der Waals surface area contributed by atoms with E-state index in [1.807, 2.05) is 12.1 Å². The van der Waals surface area contributed by atoms with Crippen LogP contribution in [0.4, 0.5) is 0 Å². The lowest BCUT2D eigenvalue weighted by Crippen LogP contribution is -2.33. The van der Waals surface area contributed by atoms with Crippen LogP contribution in [0.1, 0.15) is 16.1 Å². The van der Waals surface area contributed by atoms with Crippen LogP contribution in [-0.2, 0) is 11.3 Å². The Morgan fingerprint density at radius 1 is 1.09 bits per heavy atom. The molecule has 0 saturated carbocycles. The summed E-state index contributed by atoms with van der Waals surface area (Å²) in [5.74, 6) is -0.507. The summed E-state index contributed by atoms with van der Waals surface area (Å²) in [5.41, 5.74) is 5.81. The fraction of sp³-hybridized carbons (Fsp3) is 0.0833. The topological polar surface area (TPSA) is 90.5 Å². The van der Waals surface area contributed by atoms with Crippen LogP contribution < -0.4 is 11.0 Å². The Morgan fingerprint density at radius 3 is 2.59 bits per heavy atom. The summed E-state index contributed by atoms with van der Waals surface area (Å²) in [5, 5.41) is 5.85. The minimum absolute atomic E-state index is 0.258. The fourth-order valence-corrected chi connectivity index (χ4v) is 4.11. The molecule has 1 amide bonds. The van der Waals surface area contributed by atoms with Crippen LogP contribution in [0.5, 0.6) is 0 Å². The molecule has 8 nitrogen and oxygen atoms in total. The molecule has 0 saturated heterocycles. The first-order valence-corrected chi connectivity index (χ1v) is 11.0. The monoisotopic (exact) mass is 493 g/mol. The largest absolute Gasteiger partial charge is 0.378 e. The summed E-state index contributed by atoms with van der Waals surface area (Å²) in [6, 6.07) is 15.6. The van der Waals surface area contributed by atoms with Crippen molar-refractivity contribution in [1.82, 2.24) is 19.3 Å². The number of ether oxygens (including phenoxy) is 1. The number of hydrogen-bond donors (Lipinski definition) is 1. The lowest BCUT2D eigenvalue weighted by Gasteiger charge is -2.10. The van der Waals surface area contributed by atoms with Gasteiger partial charge in [0.05, 0.1) is 39.4 Å². The number of nitrogens with zero attached hydrogens (tertiary/aromatic N) is 4. The lowest BCUT2D eigenvalue weighted by atomic mass is 10.1. The van der Waals surface area contributed by atoms with Gasteiger partial charge in [-0.15, -0.1) is 0 Å². The van der Waals surface area contributed by atoms with Crippen molar-refractivity contribution in [2.45, 2.75) is 6.61 Å². The van der Waals surface area contributed by atoms with Gasteiger partial charge in [0, 0.05) is 24.5 Å². The second-order valence-electron chi connectivity index (χ2n) is 7.47. The van der Waals surface area contributed by atoms with Crippen molar-refractivity contribution < 1.29 is 9.53 Å². The van der Waals surface area contributed by atoms with E-state index in [1.165, 1.54) is 12.4 Å². The molecule has 0 spiro atoms. The number of halogens is 2. The van der Waals surface area contributed by atoms with Crippen LogP contribution in [0.3, 0.4) is 0 Å². The SMILES string of the molecule is COCc1nn2c(ncc3c(=O)n(NC(=O)c4ccccc4Cl)ccc32)c1-c1ccc(Cl)cc1. The molecule has 0 aliphatic heterocycles. The number of amides is 1. The van der Waals surface area contributed by atoms with Gasteiger partial charge in [-0.1, -0.05) is 47.5 Å². The van der Waals surface area contributed by atoms with Gasteiger partial charge in [-0.05, 0) is 35.9 Å². The number of carbonyl (C=O) groups is 1. The van der Waals surface area contributed by atoms with Crippen molar-refractivity contribution in [3.05, 3.63) is 98.6 Å². The van der Waals surface area contributed by atoms with Crippen LogP contribution in [0, 0.1) is 0 Å². The first-order chi connectivity index (χ1) is 16.5. The second kappa shape index (κ2) is 8.90. The molecule has 170 valence electrons. The van der Waals surface area contributed by atoms with E-state index >= 15 is 0 Å². The van der Waals surface area contributed by atoms with E-state index in [0.717, 1.165) is 15.8 Å². The Balaban J connectivity index is 1.63. The summed E-state index contributed by atoms with van der Waals surface area (Å²) >= 11 is 12.2. The number of nitrogens with one attached hydrogen (secondary N) is 1. The molecule has 5 rings (SSSR count). The van der Waals surface area contributed by atoms with Gasteiger partial charge in [0.25, 0.3) is 11.5 Å². The van der Waals surface area contributed by atoms with Crippen LogP contribution in [0.25, 0.3) is 27.7 Å². The third-order valence-corrected chi connectivity index (χ3v) is 5.92. The van der Waals surface area contributed by atoms with Crippen molar-refractivity contribution in [2.24, 2.45) is 0 Å². The van der Waals surface area contributed by atoms with Crippen LogP contribution >= 0.6 is 23.2 Å². The number of aromatic nitrogens is 4. The zero-order chi connectivity index (χ0) is 23.8. The summed E-state index contributed by atoms with van der Waals surface area (Å²) in [7, 11) is 1.58. The van der Waals surface area contributed by atoms with Gasteiger partial charge >= 0.3 is 0 Å². The second-order valence-corrected chi connectivity index (χ2v) is 8.31. The maximum absolute atomic E-state index is 13.1. The number of pyridine rings is 1. The Labute approximate surface area is 203 Å². The van der Waals surface area contributed by atoms with E-state index in [0.29, 0.717) is 21.9 Å². The van der Waals surface area contributed by atoms with E-state index in [-0.39, 0.29) is 22.6 Å². The third kappa shape index (κ3) is 3.81. The molecular formula is C24H17Cl2N5O3. The summed E-state index contributed by atoms with van der Waals surface area (Å²) in [6.07, 6.45) is 2.95. The molecule has 0 bridgehead atoms. The number of hydrogen-bond acceptors (Lipinski definition) is 5. The number of fused-ring (bicyclic) bond motifs is 3. The average molecular weight is 494 g/mol. The van der Waals surface area contributed by atoms with Crippen molar-refractivity contribution in [2.75, 3.05) is 12.5 Å². The molecule has 0 aliphatic rings. The molecule has 10 heteroatoms. The van der Waals surface area contributed by atoms with Gasteiger partial charge in [-0.3, -0.25) is 15.0 Å². The Kier molecular flexibility index (Phi) is 5.79. The van der Waals surface area contributed by atoms with Crippen LogP contribution in [0.2, 0.25) is 10.0 Å². The molecule has 0 unspecified atom stereocenters. The Morgan fingerprint density at radius 2 is 1.85 bits per heavy atom. The maximum atomic E-state index is 13.1. The van der Waals surface area contributed by atoms with Crippen molar-refractivity contribution in [1.29, 1.82) is 0 Å². The molecule has 1 N–H and O–H groups in total. The molecule has 0 fully saturated rings. The van der Waals surface area contributed by atoms with E-state index in [9.17, 15) is 9.59 Å². The van der Waals surface area contributed by atoms with Gasteiger partial charge in [-0.25, -0.2) is 14.2 Å². The van der Waals surface area contributed by atoms with Gasteiger partial charge in [0.15, 0.2) is 5.65 Å². The molecule has 0 radical (unpaired) electrons. The minimum Gasteiger partial charge on any atom is -0.378 e. The van der Waals surface area contributed by atoms with Crippen molar-refractivity contribution in [3.8, 4) is 11.1 Å². The number of benzene rings is 2. The first-order valence-electron chi connectivity index (χ1n) is 10.2. The van der Waals surface area contributed by atoms with Crippen molar-refractivity contribution in [3.63, 3.8) is 0 Å². The summed E-state index contributed by atoms with van der Waals surface area (Å²) in [4.78, 5) is 30.3. The van der Waals surface area contributed by atoms with Gasteiger partial charge < -0.3 is 4.74 Å². The molecule has 0 aliphatic carbocycles. The highest BCUT2D eigenvalue weighted by molar-refractivity contribution is 6.34. The molecule has 3 heterocycles. The van der Waals surface area contributed by atoms with E-state index in [4.69, 9.17) is 27.9 Å². The van der Waals surface area contributed by atoms with Crippen LogP contribution in [0.15, 0.2) is 71.8 Å². The first kappa shape index (κ1) is 22.1. The molecular weight excluding hydrogens is 477 g/mol. The van der Waals surface area contributed by atoms with Gasteiger partial charge in [0.1, 0.15) is 0 Å². The summed E-state index contributed by atoms with van der Waals surface area (Å²) in [6.45, 7) is 0.258. The summed E-state index contributed by atoms with van der Waals surface area (Å²) < 4.78 is 8.04. The fourth-order valence-electron chi connectivity index (χ4n) is 3.77. The average Bonchev–Trinajstić information content (AvgIpc) is 3.20. The Bertz CT molecular complexity index is 1610. The smallest absolute Gasteiger partial charge is 0.280 e. The number of carbonyl (C=O) groups excluding carboxylic acids is 1. The van der Waals surface area contributed by atoms with Crippen LogP contribution in [-0.4, -0.2) is 32.3 Å². The number of methoxy groups -OCH3 is 1. The van der Waals surface area contributed by atoms with Crippen molar-refractivity contribution >= 4 is 45.7 Å². The molecule has 34 heavy (non-hydrogen) atoms. The van der Waals surface area contributed by atoms with Gasteiger partial charge in [-0.2, -0.15) is 5.10 Å². The predicted octanol–water partition coefficient (Wildman–Crippen LogP) is 4.55. The molecule has 5 aromatic rings. The maximum Gasteiger partial charge on any atom is 0.280 e. The van der Waals surface area contributed by atoms with E-state index < -0.39 is 11.5 Å². The quantitative estimate of drug-likeness (QED) is 0.387. The highest BCUT2D eigenvalue weighted by atomic mass is 35.5. The third-order valence-electron chi connectivity index (χ3n) is 5.34. The zero-order valence-electron chi connectivity index (χ0n) is 17.8. The normalized spacial score (nSPS) is 11.3. The Hall–Kier alpha value is -3.72. The van der Waals surface area contributed by atoms with E-state index in [1.54, 1.807) is 54.1 Å². The zero-order valence-corrected chi connectivity index (χ0v) is 19.3. The standard InChI is InChI=1S/C24H17Cl2N5O3/c1-34-13-19-21(14-6-8-15(25)9-7-14)22-27-12-17-20(31(22)28-19)10-11-30(24(17)33)29-23(32)16-4-2-3-5-18(16)26/h2-12H,13H2,1H3,(H,29,32). The highest BCUT2D eigenvalue weighted by Gasteiger charge is 2.19. The minimum atomic E-state index is -0.507. The molecule has 2 aromatic carbocycles. The predicted molar refractivity (Wildman–Crippen MR) is 131 cm³/mol. The van der Waals surface area contributed by atoms with Gasteiger partial charge in [0.2, 0.25) is 0 Å². The van der Waals surface area contributed by atoms with E-state index in [2.05, 4.69) is 15.5 Å². The number of rotatable bonds is 5. The molecule has 0 atom stereocenters.